The number of benzene rings is 2. The molecule has 0 fully saturated rings. The van der Waals surface area contributed by atoms with Crippen LogP contribution in [0.1, 0.15) is 33.3 Å². The van der Waals surface area contributed by atoms with E-state index in [1.54, 1.807) is 0 Å². The Morgan fingerprint density at radius 2 is 1.88 bits per heavy atom. The largest absolute Gasteiger partial charge is 0.454 e. The van der Waals surface area contributed by atoms with E-state index in [-0.39, 0.29) is 5.91 Å². The van der Waals surface area contributed by atoms with Crippen LogP contribution >= 0.6 is 0 Å². The fraction of sp³-hybridized carbons (Fsp3) is 0.333. The van der Waals surface area contributed by atoms with Crippen LogP contribution in [0.4, 0.5) is 11.4 Å². The third-order valence-corrected chi connectivity index (χ3v) is 4.31. The maximum atomic E-state index is 12.3. The molecule has 0 radical (unpaired) electrons. The summed E-state index contributed by atoms with van der Waals surface area (Å²) in [5, 5.41) is 2.98. The van der Waals surface area contributed by atoms with E-state index in [4.69, 9.17) is 9.73 Å². The molecule has 1 amide bonds. The lowest BCUT2D eigenvalue weighted by Crippen LogP contribution is -2.29. The number of aliphatic imine (C=N–C) groups is 1. The quantitative estimate of drug-likeness (QED) is 0.845. The first-order valence-corrected chi connectivity index (χ1v) is 8.82. The van der Waals surface area contributed by atoms with Gasteiger partial charge in [0.05, 0.1) is 5.56 Å². The fourth-order valence-electron chi connectivity index (χ4n) is 2.56. The second-order valence-electron chi connectivity index (χ2n) is 7.43. The van der Waals surface area contributed by atoms with Crippen LogP contribution in [-0.2, 0) is 4.79 Å². The molecule has 5 heteroatoms. The third-order valence-electron chi connectivity index (χ3n) is 4.31. The normalized spacial score (nSPS) is 12.9. The van der Waals surface area contributed by atoms with Crippen molar-refractivity contribution >= 4 is 23.1 Å². The molecule has 1 heterocycles. The zero-order valence-corrected chi connectivity index (χ0v) is 16.0. The topological polar surface area (TPSA) is 53.9 Å². The van der Waals surface area contributed by atoms with Crippen molar-refractivity contribution in [3.05, 3.63) is 48.0 Å². The van der Waals surface area contributed by atoms with Gasteiger partial charge in [0.15, 0.2) is 5.75 Å². The number of fused-ring (bicyclic) bond motifs is 2. The lowest BCUT2D eigenvalue weighted by atomic mass is 9.95. The van der Waals surface area contributed by atoms with Gasteiger partial charge in [-0.2, -0.15) is 0 Å². The predicted molar refractivity (Wildman–Crippen MR) is 106 cm³/mol. The molecule has 0 atom stereocenters. The van der Waals surface area contributed by atoms with Crippen molar-refractivity contribution in [1.29, 1.82) is 0 Å². The summed E-state index contributed by atoms with van der Waals surface area (Å²) >= 11 is 0. The van der Waals surface area contributed by atoms with E-state index in [0.717, 1.165) is 40.8 Å². The van der Waals surface area contributed by atoms with E-state index in [0.29, 0.717) is 0 Å². The number of nitrogens with zero attached hydrogens (tertiary/aromatic N) is 2. The molecule has 1 aliphatic rings. The number of anilines is 1. The average Bonchev–Trinajstić information content (AvgIpc) is 2.76. The number of hydrogen-bond donors (Lipinski definition) is 1. The Balaban J connectivity index is 2.07. The Bertz CT molecular complexity index is 866. The number of para-hydroxylation sites is 2. The highest BCUT2D eigenvalue weighted by Crippen LogP contribution is 2.38. The minimum Gasteiger partial charge on any atom is -0.454 e. The van der Waals surface area contributed by atoms with Gasteiger partial charge in [-0.3, -0.25) is 4.79 Å². The second-order valence-corrected chi connectivity index (χ2v) is 7.43. The highest BCUT2D eigenvalue weighted by atomic mass is 16.5. The molecule has 1 N–H and O–H groups in total. The Labute approximate surface area is 154 Å². The summed E-state index contributed by atoms with van der Waals surface area (Å²) in [7, 11) is 2.00. The van der Waals surface area contributed by atoms with Crippen molar-refractivity contribution in [3.8, 4) is 11.5 Å². The minimum absolute atomic E-state index is 0.0300. The molecule has 136 valence electrons. The first-order chi connectivity index (χ1) is 12.3. The lowest BCUT2D eigenvalue weighted by Gasteiger charge is -2.21. The van der Waals surface area contributed by atoms with Gasteiger partial charge in [0.1, 0.15) is 17.3 Å². The van der Waals surface area contributed by atoms with Crippen molar-refractivity contribution in [2.24, 2.45) is 10.4 Å². The van der Waals surface area contributed by atoms with Crippen LogP contribution in [-0.4, -0.2) is 30.2 Å². The molecule has 2 aromatic carbocycles. The summed E-state index contributed by atoms with van der Waals surface area (Å²) in [4.78, 5) is 19.2. The number of rotatable bonds is 2. The van der Waals surface area contributed by atoms with E-state index >= 15 is 0 Å². The van der Waals surface area contributed by atoms with Gasteiger partial charge in [0.2, 0.25) is 5.91 Å². The van der Waals surface area contributed by atoms with Gasteiger partial charge in [-0.25, -0.2) is 4.99 Å². The number of carbonyl (C=O) groups is 1. The summed E-state index contributed by atoms with van der Waals surface area (Å²) in [5.74, 6) is 2.24. The molecule has 0 saturated carbocycles. The molecule has 1 aliphatic heterocycles. The van der Waals surface area contributed by atoms with E-state index < -0.39 is 5.41 Å². The summed E-state index contributed by atoms with van der Waals surface area (Å²) < 4.78 is 6.10. The Morgan fingerprint density at radius 1 is 1.15 bits per heavy atom. The zero-order chi connectivity index (χ0) is 18.9. The van der Waals surface area contributed by atoms with E-state index in [2.05, 4.69) is 17.1 Å². The molecule has 5 nitrogen and oxygen atoms in total. The first kappa shape index (κ1) is 18.0. The molecular weight excluding hydrogens is 326 g/mol. The summed E-state index contributed by atoms with van der Waals surface area (Å²) in [6.07, 6.45) is 0. The van der Waals surface area contributed by atoms with Gasteiger partial charge in [0, 0.05) is 24.7 Å². The van der Waals surface area contributed by atoms with Gasteiger partial charge in [-0.05, 0) is 37.3 Å². The number of amides is 1. The van der Waals surface area contributed by atoms with E-state index in [9.17, 15) is 4.79 Å². The molecule has 0 aliphatic carbocycles. The number of nitrogens with one attached hydrogen (secondary N) is 1. The van der Waals surface area contributed by atoms with Gasteiger partial charge in [-0.1, -0.05) is 32.9 Å². The Morgan fingerprint density at radius 3 is 2.58 bits per heavy atom. The van der Waals surface area contributed by atoms with Gasteiger partial charge >= 0.3 is 0 Å². The van der Waals surface area contributed by atoms with Crippen LogP contribution in [0.15, 0.2) is 47.5 Å². The van der Waals surface area contributed by atoms with Crippen LogP contribution in [0.3, 0.4) is 0 Å². The molecule has 0 spiro atoms. The molecule has 3 rings (SSSR count). The maximum absolute atomic E-state index is 12.3. The first-order valence-electron chi connectivity index (χ1n) is 8.82. The van der Waals surface area contributed by atoms with Gasteiger partial charge in [0.25, 0.3) is 0 Å². The molecular formula is C21H25N3O2. The van der Waals surface area contributed by atoms with Crippen molar-refractivity contribution in [3.63, 3.8) is 0 Å². The Hall–Kier alpha value is -2.82. The van der Waals surface area contributed by atoms with Crippen molar-refractivity contribution in [1.82, 2.24) is 4.90 Å². The van der Waals surface area contributed by atoms with Crippen molar-refractivity contribution in [2.45, 2.75) is 27.7 Å². The average molecular weight is 351 g/mol. The standard InChI is InChI=1S/C21H25N3O2/c1-6-24(5)19-15-13-14(22-20(25)21(2,3)4)11-12-17(15)26-18-10-8-7-9-16(18)23-19/h7-13H,6H2,1-5H3,(H,22,25). The number of hydrogen-bond acceptors (Lipinski definition) is 4. The monoisotopic (exact) mass is 351 g/mol. The molecule has 0 bridgehead atoms. The minimum atomic E-state index is -0.462. The highest BCUT2D eigenvalue weighted by molar-refractivity contribution is 6.05. The van der Waals surface area contributed by atoms with Crippen molar-refractivity contribution < 1.29 is 9.53 Å². The molecule has 0 unspecified atom stereocenters. The molecule has 0 aromatic heterocycles. The molecule has 26 heavy (non-hydrogen) atoms. The third kappa shape index (κ3) is 3.57. The van der Waals surface area contributed by atoms with Crippen LogP contribution in [0.5, 0.6) is 11.5 Å². The molecule has 0 saturated heterocycles. The van der Waals surface area contributed by atoms with E-state index in [1.807, 2.05) is 70.3 Å². The summed E-state index contributed by atoms with van der Waals surface area (Å²) in [6.45, 7) is 8.56. The smallest absolute Gasteiger partial charge is 0.229 e. The predicted octanol–water partition coefficient (Wildman–Crippen LogP) is 4.81. The zero-order valence-electron chi connectivity index (χ0n) is 16.0. The number of carbonyl (C=O) groups excluding carboxylic acids is 1. The van der Waals surface area contributed by atoms with Crippen molar-refractivity contribution in [2.75, 3.05) is 18.9 Å². The second kappa shape index (κ2) is 6.83. The Kier molecular flexibility index (Phi) is 4.72. The maximum Gasteiger partial charge on any atom is 0.229 e. The van der Waals surface area contributed by atoms with Crippen LogP contribution in [0, 0.1) is 5.41 Å². The summed E-state index contributed by atoms with van der Waals surface area (Å²) in [6, 6.07) is 13.4. The summed E-state index contributed by atoms with van der Waals surface area (Å²) in [5.41, 5.74) is 1.92. The van der Waals surface area contributed by atoms with Gasteiger partial charge < -0.3 is 15.0 Å². The number of amidine groups is 1. The van der Waals surface area contributed by atoms with Crippen LogP contribution in [0.25, 0.3) is 0 Å². The lowest BCUT2D eigenvalue weighted by molar-refractivity contribution is -0.123. The SMILES string of the molecule is CCN(C)C1=Nc2ccccc2Oc2ccc(NC(=O)C(C)(C)C)cc21. The van der Waals surface area contributed by atoms with Gasteiger partial charge in [-0.15, -0.1) is 0 Å². The van der Waals surface area contributed by atoms with Crippen LogP contribution in [0.2, 0.25) is 0 Å². The molecule has 2 aromatic rings. The number of ether oxygens (including phenoxy) is 1. The highest BCUT2D eigenvalue weighted by Gasteiger charge is 2.24. The van der Waals surface area contributed by atoms with E-state index in [1.165, 1.54) is 0 Å². The van der Waals surface area contributed by atoms with Crippen LogP contribution < -0.4 is 10.1 Å². The fourth-order valence-corrected chi connectivity index (χ4v) is 2.56.